The molecule has 1 aromatic carbocycles. The third-order valence-corrected chi connectivity index (χ3v) is 3.39. The number of thiazole rings is 1. The van der Waals surface area contributed by atoms with Crippen LogP contribution in [0.25, 0.3) is 11.3 Å². The van der Waals surface area contributed by atoms with E-state index in [-0.39, 0.29) is 6.42 Å². The normalized spacial score (nSPS) is 11.3. The number of nitriles is 1. The minimum absolute atomic E-state index is 0.0928. The second-order valence-corrected chi connectivity index (χ2v) is 4.87. The minimum Gasteiger partial charge on any atom is -0.241 e. The Labute approximate surface area is 112 Å². The molecule has 0 aliphatic rings. The number of alkyl halides is 3. The van der Waals surface area contributed by atoms with Gasteiger partial charge in [-0.25, -0.2) is 4.98 Å². The Balaban J connectivity index is 2.10. The second-order valence-electron chi connectivity index (χ2n) is 3.93. The second kappa shape index (κ2) is 5.41. The third-order valence-electron chi connectivity index (χ3n) is 2.48. The first-order valence-electron chi connectivity index (χ1n) is 5.49. The maximum atomic E-state index is 12.1. The maximum Gasteiger partial charge on any atom is 0.389 e. The Hall–Kier alpha value is -1.87. The van der Waals surface area contributed by atoms with E-state index in [2.05, 4.69) is 4.98 Å². The van der Waals surface area contributed by atoms with E-state index in [0.717, 1.165) is 5.56 Å². The number of benzene rings is 1. The van der Waals surface area contributed by atoms with E-state index in [4.69, 9.17) is 5.26 Å². The van der Waals surface area contributed by atoms with E-state index < -0.39 is 12.6 Å². The predicted octanol–water partition coefficient (Wildman–Crippen LogP) is 4.18. The van der Waals surface area contributed by atoms with Gasteiger partial charge in [-0.05, 0) is 12.1 Å². The number of hydrogen-bond donors (Lipinski definition) is 0. The Morgan fingerprint density at radius 3 is 2.47 bits per heavy atom. The summed E-state index contributed by atoms with van der Waals surface area (Å²) in [6.07, 6.45) is -5.10. The molecular formula is C13H9F3N2S. The van der Waals surface area contributed by atoms with Crippen molar-refractivity contribution in [3.05, 3.63) is 40.2 Å². The molecule has 6 heteroatoms. The minimum atomic E-state index is -4.15. The highest BCUT2D eigenvalue weighted by molar-refractivity contribution is 7.09. The van der Waals surface area contributed by atoms with Gasteiger partial charge in [0.25, 0.3) is 0 Å². The Morgan fingerprint density at radius 2 is 1.89 bits per heavy atom. The van der Waals surface area contributed by atoms with Crippen LogP contribution in [0.4, 0.5) is 13.2 Å². The summed E-state index contributed by atoms with van der Waals surface area (Å²) < 4.78 is 36.3. The van der Waals surface area contributed by atoms with E-state index >= 15 is 0 Å². The van der Waals surface area contributed by atoms with Crippen molar-refractivity contribution in [2.45, 2.75) is 19.0 Å². The van der Waals surface area contributed by atoms with Gasteiger partial charge < -0.3 is 0 Å². The molecule has 0 N–H and O–H groups in total. The van der Waals surface area contributed by atoms with Crippen molar-refractivity contribution >= 4 is 11.3 Å². The number of hydrogen-bond acceptors (Lipinski definition) is 3. The third kappa shape index (κ3) is 3.80. The molecule has 98 valence electrons. The van der Waals surface area contributed by atoms with Crippen molar-refractivity contribution in [3.63, 3.8) is 0 Å². The summed E-state index contributed by atoms with van der Waals surface area (Å²) in [5, 5.41) is 10.9. The van der Waals surface area contributed by atoms with Crippen LogP contribution in [-0.2, 0) is 6.42 Å². The van der Waals surface area contributed by atoms with Crippen LogP contribution in [0.3, 0.4) is 0 Å². The number of rotatable bonds is 3. The first-order chi connectivity index (χ1) is 8.98. The van der Waals surface area contributed by atoms with Gasteiger partial charge in [-0.2, -0.15) is 18.4 Å². The zero-order valence-corrected chi connectivity index (χ0v) is 10.6. The van der Waals surface area contributed by atoms with Crippen LogP contribution in [-0.4, -0.2) is 11.2 Å². The molecular weight excluding hydrogens is 273 g/mol. The van der Waals surface area contributed by atoms with E-state index in [1.54, 1.807) is 29.6 Å². The van der Waals surface area contributed by atoms with Crippen LogP contribution in [0.15, 0.2) is 29.6 Å². The molecule has 0 spiro atoms. The Kier molecular flexibility index (Phi) is 3.86. The van der Waals surface area contributed by atoms with Crippen molar-refractivity contribution in [2.24, 2.45) is 0 Å². The SMILES string of the molecule is N#Cc1ccc(-c2csc(CCC(F)(F)F)n2)cc1. The van der Waals surface area contributed by atoms with Gasteiger partial charge in [0, 0.05) is 23.8 Å². The number of aromatic nitrogens is 1. The molecule has 0 fully saturated rings. The summed E-state index contributed by atoms with van der Waals surface area (Å²) >= 11 is 1.22. The number of halogens is 3. The van der Waals surface area contributed by atoms with Gasteiger partial charge in [-0.1, -0.05) is 12.1 Å². The molecule has 0 unspecified atom stereocenters. The van der Waals surface area contributed by atoms with Gasteiger partial charge >= 0.3 is 6.18 Å². The number of nitrogens with zero attached hydrogens (tertiary/aromatic N) is 2. The van der Waals surface area contributed by atoms with Crippen LogP contribution in [0, 0.1) is 11.3 Å². The molecule has 0 aliphatic carbocycles. The van der Waals surface area contributed by atoms with E-state index in [0.29, 0.717) is 16.3 Å². The first-order valence-corrected chi connectivity index (χ1v) is 6.37. The molecule has 0 radical (unpaired) electrons. The highest BCUT2D eigenvalue weighted by Gasteiger charge is 2.27. The standard InChI is InChI=1S/C13H9F3N2S/c14-13(15,16)6-5-12-18-11(8-19-12)10-3-1-9(7-17)2-4-10/h1-4,8H,5-6H2. The topological polar surface area (TPSA) is 36.7 Å². The van der Waals surface area contributed by atoms with Crippen molar-refractivity contribution in [2.75, 3.05) is 0 Å². The molecule has 1 aromatic heterocycles. The highest BCUT2D eigenvalue weighted by Crippen LogP contribution is 2.26. The van der Waals surface area contributed by atoms with Gasteiger partial charge in [-0.15, -0.1) is 11.3 Å². The summed E-state index contributed by atoms with van der Waals surface area (Å²) in [6, 6.07) is 8.79. The molecule has 0 saturated heterocycles. The molecule has 0 aliphatic heterocycles. The van der Waals surface area contributed by atoms with Gasteiger partial charge in [0.05, 0.1) is 22.3 Å². The molecule has 2 aromatic rings. The fourth-order valence-electron chi connectivity index (χ4n) is 1.52. The van der Waals surface area contributed by atoms with Crippen molar-refractivity contribution < 1.29 is 13.2 Å². The molecule has 1 heterocycles. The van der Waals surface area contributed by atoms with Gasteiger partial charge in [0.2, 0.25) is 0 Å². The summed E-state index contributed by atoms with van der Waals surface area (Å²) in [5.74, 6) is 0. The smallest absolute Gasteiger partial charge is 0.241 e. The van der Waals surface area contributed by atoms with Gasteiger partial charge in [0.15, 0.2) is 0 Å². The zero-order chi connectivity index (χ0) is 13.9. The molecule has 0 saturated carbocycles. The van der Waals surface area contributed by atoms with Gasteiger partial charge in [0.1, 0.15) is 0 Å². The van der Waals surface area contributed by atoms with Crippen molar-refractivity contribution in [1.82, 2.24) is 4.98 Å². The van der Waals surface area contributed by atoms with Crippen LogP contribution in [0.5, 0.6) is 0 Å². The average Bonchev–Trinajstić information content (AvgIpc) is 2.84. The van der Waals surface area contributed by atoms with Crippen LogP contribution < -0.4 is 0 Å². The zero-order valence-electron chi connectivity index (χ0n) is 9.74. The molecule has 2 rings (SSSR count). The summed E-state index contributed by atoms with van der Waals surface area (Å²) in [4.78, 5) is 4.17. The number of aryl methyl sites for hydroxylation is 1. The van der Waals surface area contributed by atoms with Gasteiger partial charge in [-0.3, -0.25) is 0 Å². The average molecular weight is 282 g/mol. The van der Waals surface area contributed by atoms with Crippen molar-refractivity contribution in [3.8, 4) is 17.3 Å². The molecule has 2 nitrogen and oxygen atoms in total. The summed E-state index contributed by atoms with van der Waals surface area (Å²) in [7, 11) is 0. The van der Waals surface area contributed by atoms with E-state index in [1.807, 2.05) is 6.07 Å². The fourth-order valence-corrected chi connectivity index (χ4v) is 2.33. The van der Waals surface area contributed by atoms with Crippen LogP contribution in [0.2, 0.25) is 0 Å². The Bertz CT molecular complexity index is 594. The molecule has 19 heavy (non-hydrogen) atoms. The summed E-state index contributed by atoms with van der Waals surface area (Å²) in [6.45, 7) is 0. The quantitative estimate of drug-likeness (QED) is 0.847. The lowest BCUT2D eigenvalue weighted by atomic mass is 10.1. The highest BCUT2D eigenvalue weighted by atomic mass is 32.1. The maximum absolute atomic E-state index is 12.1. The predicted molar refractivity (Wildman–Crippen MR) is 66.6 cm³/mol. The van der Waals surface area contributed by atoms with Crippen LogP contribution in [0.1, 0.15) is 17.0 Å². The fraction of sp³-hybridized carbons (Fsp3) is 0.231. The molecule has 0 bridgehead atoms. The monoisotopic (exact) mass is 282 g/mol. The lowest BCUT2D eigenvalue weighted by Crippen LogP contribution is -2.08. The summed E-state index contributed by atoms with van der Waals surface area (Å²) in [5.41, 5.74) is 1.98. The van der Waals surface area contributed by atoms with Crippen LogP contribution >= 0.6 is 11.3 Å². The largest absolute Gasteiger partial charge is 0.389 e. The lowest BCUT2D eigenvalue weighted by molar-refractivity contribution is -0.133. The lowest BCUT2D eigenvalue weighted by Gasteiger charge is -2.03. The van der Waals surface area contributed by atoms with E-state index in [1.165, 1.54) is 11.3 Å². The van der Waals surface area contributed by atoms with E-state index in [9.17, 15) is 13.2 Å². The molecule has 0 atom stereocenters. The first kappa shape index (κ1) is 13.6. The Morgan fingerprint density at radius 1 is 1.21 bits per heavy atom. The van der Waals surface area contributed by atoms with Crippen molar-refractivity contribution in [1.29, 1.82) is 5.26 Å². The molecule has 0 amide bonds.